The Morgan fingerprint density at radius 3 is 2.50 bits per heavy atom. The van der Waals surface area contributed by atoms with E-state index in [4.69, 9.17) is 15.2 Å². The van der Waals surface area contributed by atoms with Crippen LogP contribution in [0, 0.1) is 0 Å². The number of hydrogen-bond donors (Lipinski definition) is 1. The van der Waals surface area contributed by atoms with Crippen molar-refractivity contribution in [2.75, 3.05) is 24.7 Å². The van der Waals surface area contributed by atoms with Gasteiger partial charge in [-0.05, 0) is 26.0 Å². The van der Waals surface area contributed by atoms with Gasteiger partial charge < -0.3 is 15.2 Å². The van der Waals surface area contributed by atoms with Crippen LogP contribution in [0.4, 0.5) is 5.69 Å². The fourth-order valence-corrected chi connectivity index (χ4v) is 1.94. The molecule has 0 aliphatic carbocycles. The van der Waals surface area contributed by atoms with Crippen molar-refractivity contribution < 1.29 is 9.47 Å². The van der Waals surface area contributed by atoms with Crippen LogP contribution < -0.4 is 5.73 Å². The summed E-state index contributed by atoms with van der Waals surface area (Å²) >= 11 is 1.60. The van der Waals surface area contributed by atoms with Crippen molar-refractivity contribution in [3.8, 4) is 0 Å². The molecule has 0 aliphatic rings. The molecule has 16 heavy (non-hydrogen) atoms. The van der Waals surface area contributed by atoms with E-state index in [0.29, 0.717) is 18.9 Å². The molecule has 0 atom stereocenters. The summed E-state index contributed by atoms with van der Waals surface area (Å²) < 4.78 is 10.9. The molecule has 5 heteroatoms. The number of nitrogen functional groups attached to an aromatic ring is 1. The van der Waals surface area contributed by atoms with Crippen LogP contribution in [-0.2, 0) is 9.47 Å². The van der Waals surface area contributed by atoms with Crippen LogP contribution in [0.3, 0.4) is 0 Å². The maximum absolute atomic E-state index is 5.56. The number of nitrogens with two attached hydrogens (primary N) is 1. The van der Waals surface area contributed by atoms with E-state index in [9.17, 15) is 0 Å². The molecule has 0 fully saturated rings. The van der Waals surface area contributed by atoms with Crippen LogP contribution in [0.15, 0.2) is 23.4 Å². The second-order valence-electron chi connectivity index (χ2n) is 3.08. The van der Waals surface area contributed by atoms with Gasteiger partial charge in [0.15, 0.2) is 6.29 Å². The molecule has 1 rings (SSSR count). The molecule has 0 amide bonds. The second kappa shape index (κ2) is 7.49. The summed E-state index contributed by atoms with van der Waals surface area (Å²) in [7, 11) is 0. The quantitative estimate of drug-likeness (QED) is 0.586. The Bertz CT molecular complexity index is 287. The molecular weight excluding hydrogens is 224 g/mol. The van der Waals surface area contributed by atoms with Crippen molar-refractivity contribution in [3.05, 3.63) is 18.3 Å². The van der Waals surface area contributed by atoms with Gasteiger partial charge >= 0.3 is 0 Å². The third kappa shape index (κ3) is 4.83. The third-order valence-electron chi connectivity index (χ3n) is 1.83. The van der Waals surface area contributed by atoms with E-state index in [-0.39, 0.29) is 6.29 Å². The van der Waals surface area contributed by atoms with Gasteiger partial charge in [0.05, 0.1) is 22.7 Å². The maximum atomic E-state index is 5.56. The number of aromatic nitrogens is 1. The van der Waals surface area contributed by atoms with Crippen molar-refractivity contribution in [1.82, 2.24) is 4.98 Å². The minimum atomic E-state index is -0.167. The SMILES string of the molecule is CCOC(CSc1ccc(N)cn1)OCC. The lowest BCUT2D eigenvalue weighted by molar-refractivity contribution is -0.120. The van der Waals surface area contributed by atoms with Gasteiger partial charge in [0.1, 0.15) is 0 Å². The molecule has 1 aromatic rings. The number of nitrogens with zero attached hydrogens (tertiary/aromatic N) is 1. The van der Waals surface area contributed by atoms with E-state index in [0.717, 1.165) is 10.8 Å². The van der Waals surface area contributed by atoms with Crippen LogP contribution in [0.2, 0.25) is 0 Å². The zero-order chi connectivity index (χ0) is 11.8. The number of hydrogen-bond acceptors (Lipinski definition) is 5. The molecule has 0 spiro atoms. The van der Waals surface area contributed by atoms with Crippen molar-refractivity contribution in [3.63, 3.8) is 0 Å². The van der Waals surface area contributed by atoms with Gasteiger partial charge in [0.25, 0.3) is 0 Å². The van der Waals surface area contributed by atoms with E-state index >= 15 is 0 Å². The van der Waals surface area contributed by atoms with Crippen LogP contribution in [0.25, 0.3) is 0 Å². The van der Waals surface area contributed by atoms with E-state index in [1.54, 1.807) is 18.0 Å². The zero-order valence-electron chi connectivity index (χ0n) is 9.68. The predicted molar refractivity (Wildman–Crippen MR) is 66.4 cm³/mol. The van der Waals surface area contributed by atoms with Crippen LogP contribution in [0.1, 0.15) is 13.8 Å². The van der Waals surface area contributed by atoms with Gasteiger partial charge in [-0.2, -0.15) is 0 Å². The van der Waals surface area contributed by atoms with Crippen molar-refractivity contribution in [2.45, 2.75) is 25.2 Å². The molecule has 1 aromatic heterocycles. The average Bonchev–Trinajstić information content (AvgIpc) is 2.29. The first-order valence-electron chi connectivity index (χ1n) is 5.33. The topological polar surface area (TPSA) is 57.4 Å². The summed E-state index contributed by atoms with van der Waals surface area (Å²) in [6, 6.07) is 3.74. The number of pyridine rings is 1. The molecule has 0 aromatic carbocycles. The smallest absolute Gasteiger partial charge is 0.166 e. The third-order valence-corrected chi connectivity index (χ3v) is 2.81. The van der Waals surface area contributed by atoms with Gasteiger partial charge in [-0.3, -0.25) is 0 Å². The Hall–Kier alpha value is -0.780. The summed E-state index contributed by atoms with van der Waals surface area (Å²) in [4.78, 5) is 4.20. The average molecular weight is 242 g/mol. The summed E-state index contributed by atoms with van der Waals surface area (Å²) in [5.41, 5.74) is 6.23. The standard InChI is InChI=1S/C11H18N2O2S/c1-3-14-11(15-4-2)8-16-10-6-5-9(12)7-13-10/h5-7,11H,3-4,8,12H2,1-2H3. The van der Waals surface area contributed by atoms with Gasteiger partial charge in [-0.25, -0.2) is 4.98 Å². The van der Waals surface area contributed by atoms with Gasteiger partial charge in [-0.1, -0.05) is 0 Å². The first-order valence-corrected chi connectivity index (χ1v) is 6.32. The Morgan fingerprint density at radius 1 is 1.31 bits per heavy atom. The molecule has 0 saturated carbocycles. The number of rotatable bonds is 7. The molecule has 0 unspecified atom stereocenters. The van der Waals surface area contributed by atoms with E-state index < -0.39 is 0 Å². The van der Waals surface area contributed by atoms with Crippen LogP contribution in [-0.4, -0.2) is 30.2 Å². The summed E-state index contributed by atoms with van der Waals surface area (Å²) in [6.07, 6.45) is 1.48. The van der Waals surface area contributed by atoms with Gasteiger partial charge in [-0.15, -0.1) is 11.8 Å². The highest BCUT2D eigenvalue weighted by Crippen LogP contribution is 2.18. The van der Waals surface area contributed by atoms with E-state index in [1.165, 1.54) is 0 Å². The summed E-state index contributed by atoms with van der Waals surface area (Å²) in [5.74, 6) is 0.735. The highest BCUT2D eigenvalue weighted by atomic mass is 32.2. The van der Waals surface area contributed by atoms with Crippen LogP contribution >= 0.6 is 11.8 Å². The first kappa shape index (κ1) is 13.3. The Labute approximate surface area is 101 Å². The lowest BCUT2D eigenvalue weighted by atomic mass is 10.4. The minimum absolute atomic E-state index is 0.167. The molecule has 1 heterocycles. The zero-order valence-corrected chi connectivity index (χ0v) is 10.5. The molecule has 2 N–H and O–H groups in total. The fourth-order valence-electron chi connectivity index (χ4n) is 1.15. The molecule has 4 nitrogen and oxygen atoms in total. The summed E-state index contributed by atoms with van der Waals surface area (Å²) in [5, 5.41) is 0.929. The van der Waals surface area contributed by atoms with Gasteiger partial charge in [0.2, 0.25) is 0 Å². The number of anilines is 1. The lowest BCUT2D eigenvalue weighted by Gasteiger charge is -2.15. The van der Waals surface area contributed by atoms with Crippen molar-refractivity contribution >= 4 is 17.4 Å². The van der Waals surface area contributed by atoms with Gasteiger partial charge in [0, 0.05) is 13.2 Å². The highest BCUT2D eigenvalue weighted by Gasteiger charge is 2.08. The normalized spacial score (nSPS) is 10.9. The Kier molecular flexibility index (Phi) is 6.22. The van der Waals surface area contributed by atoms with Crippen LogP contribution in [0.5, 0.6) is 0 Å². The fraction of sp³-hybridized carbons (Fsp3) is 0.545. The number of thioether (sulfide) groups is 1. The Balaban J connectivity index is 2.38. The Morgan fingerprint density at radius 2 is 2.00 bits per heavy atom. The molecule has 0 bridgehead atoms. The van der Waals surface area contributed by atoms with E-state index in [2.05, 4.69) is 4.98 Å². The summed E-state index contributed by atoms with van der Waals surface area (Å²) in [6.45, 7) is 5.22. The van der Waals surface area contributed by atoms with Crippen molar-refractivity contribution in [1.29, 1.82) is 0 Å². The highest BCUT2D eigenvalue weighted by molar-refractivity contribution is 7.99. The second-order valence-corrected chi connectivity index (χ2v) is 4.12. The minimum Gasteiger partial charge on any atom is -0.397 e. The predicted octanol–water partition coefficient (Wildman–Crippen LogP) is 2.16. The lowest BCUT2D eigenvalue weighted by Crippen LogP contribution is -2.20. The molecule has 0 saturated heterocycles. The van der Waals surface area contributed by atoms with Crippen molar-refractivity contribution in [2.24, 2.45) is 0 Å². The molecular formula is C11H18N2O2S. The molecule has 0 radical (unpaired) electrons. The number of ether oxygens (including phenoxy) is 2. The first-order chi connectivity index (χ1) is 7.76. The monoisotopic (exact) mass is 242 g/mol. The van der Waals surface area contributed by atoms with E-state index in [1.807, 2.05) is 26.0 Å². The molecule has 0 aliphatic heterocycles. The maximum Gasteiger partial charge on any atom is 0.166 e. The molecule has 90 valence electrons. The largest absolute Gasteiger partial charge is 0.397 e.